The van der Waals surface area contributed by atoms with Crippen LogP contribution in [0.1, 0.15) is 22.3 Å². The Kier molecular flexibility index (Phi) is 3.79. The highest BCUT2D eigenvalue weighted by molar-refractivity contribution is 6.19. The van der Waals surface area contributed by atoms with Crippen LogP contribution in [0.15, 0.2) is 18.2 Å². The zero-order valence-electron chi connectivity index (χ0n) is 16.3. The first kappa shape index (κ1) is 17.3. The minimum Gasteiger partial charge on any atom is -0.481 e. The van der Waals surface area contributed by atoms with E-state index < -0.39 is 0 Å². The maximum Gasteiger partial charge on any atom is 0.269 e. The molecule has 0 saturated heterocycles. The van der Waals surface area contributed by atoms with Crippen molar-refractivity contribution in [2.45, 2.75) is 20.8 Å². The predicted molar refractivity (Wildman–Crippen MR) is 104 cm³/mol. The highest BCUT2D eigenvalue weighted by atomic mass is 17.2. The molecule has 4 aromatic rings. The molecular weight excluding hydrogens is 342 g/mol. The van der Waals surface area contributed by atoms with E-state index in [4.69, 9.17) is 14.5 Å². The Morgan fingerprint density at radius 3 is 2.33 bits per heavy atom. The zero-order chi connectivity index (χ0) is 19.5. The summed E-state index contributed by atoms with van der Waals surface area (Å²) >= 11 is 0. The first-order chi connectivity index (χ1) is 12.9. The lowest BCUT2D eigenvalue weighted by molar-refractivity contribution is -0.181. The molecule has 0 aliphatic heterocycles. The molecule has 0 unspecified atom stereocenters. The third-order valence-electron chi connectivity index (χ3n) is 5.16. The summed E-state index contributed by atoms with van der Waals surface area (Å²) < 4.78 is 9.54. The Balaban J connectivity index is 2.37. The van der Waals surface area contributed by atoms with Gasteiger partial charge in [0.05, 0.1) is 25.3 Å². The van der Waals surface area contributed by atoms with E-state index in [1.54, 1.807) is 7.11 Å². The van der Waals surface area contributed by atoms with E-state index in [1.165, 1.54) is 18.2 Å². The minimum absolute atomic E-state index is 0.438. The van der Waals surface area contributed by atoms with Gasteiger partial charge in [-0.1, -0.05) is 11.6 Å². The number of ether oxygens (including phenoxy) is 1. The van der Waals surface area contributed by atoms with Crippen LogP contribution in [0.25, 0.3) is 27.3 Å². The Hall–Kier alpha value is -3.17. The van der Waals surface area contributed by atoms with Crippen LogP contribution in [0.5, 0.6) is 11.8 Å². The van der Waals surface area contributed by atoms with Crippen molar-refractivity contribution in [3.63, 3.8) is 0 Å². The lowest BCUT2D eigenvalue weighted by atomic mass is 10.1. The number of methoxy groups -OCH3 is 1. The number of hydrogen-bond donors (Lipinski definition) is 0. The molecule has 1 aromatic carbocycles. The second kappa shape index (κ2) is 5.93. The molecule has 0 atom stereocenters. The number of fused-ring (bicyclic) bond motifs is 5. The van der Waals surface area contributed by atoms with Gasteiger partial charge in [0.25, 0.3) is 5.88 Å². The van der Waals surface area contributed by atoms with Crippen molar-refractivity contribution in [1.82, 2.24) is 8.97 Å². The lowest BCUT2D eigenvalue weighted by Crippen LogP contribution is -2.04. The maximum atomic E-state index is 9.61. The van der Waals surface area contributed by atoms with Crippen molar-refractivity contribution >= 4 is 27.3 Å². The molecule has 0 N–H and O–H groups in total. The Morgan fingerprint density at radius 1 is 0.963 bits per heavy atom. The molecule has 3 heterocycles. The third kappa shape index (κ3) is 2.15. The first-order valence-corrected chi connectivity index (χ1v) is 8.66. The Bertz CT molecular complexity index is 1270. The van der Waals surface area contributed by atoms with Gasteiger partial charge in [-0.25, -0.2) is 4.40 Å². The van der Waals surface area contributed by atoms with Gasteiger partial charge in [-0.15, -0.1) is 0 Å². The molecule has 4 rings (SSSR count). The molecule has 27 heavy (non-hydrogen) atoms. The minimum atomic E-state index is 0.438. The van der Waals surface area contributed by atoms with Crippen LogP contribution < -0.4 is 9.62 Å². The van der Waals surface area contributed by atoms with Gasteiger partial charge in [-0.3, -0.25) is 0 Å². The molecule has 6 heteroatoms. The third-order valence-corrected chi connectivity index (χ3v) is 5.16. The Morgan fingerprint density at radius 2 is 1.70 bits per heavy atom. The summed E-state index contributed by atoms with van der Waals surface area (Å²) in [7, 11) is 5.04. The zero-order valence-corrected chi connectivity index (χ0v) is 16.3. The second-order valence-corrected chi connectivity index (χ2v) is 6.86. The van der Waals surface area contributed by atoms with Crippen LogP contribution in [0.4, 0.5) is 0 Å². The highest BCUT2D eigenvalue weighted by Crippen LogP contribution is 2.44. The SMILES string of the molecule is COOc1c2c(c3cc(C)cc(C)c3n2C)c2cc(C)c(C#N)c(OC)n12. The average Bonchev–Trinajstić information content (AvgIpc) is 3.08. The van der Waals surface area contributed by atoms with Gasteiger partial charge < -0.3 is 14.2 Å². The van der Waals surface area contributed by atoms with Gasteiger partial charge in [-0.2, -0.15) is 10.1 Å². The molecule has 6 nitrogen and oxygen atoms in total. The molecule has 0 saturated carbocycles. The quantitative estimate of drug-likeness (QED) is 0.401. The van der Waals surface area contributed by atoms with Crippen molar-refractivity contribution in [3.05, 3.63) is 40.5 Å². The number of hydrogen-bond acceptors (Lipinski definition) is 4. The van der Waals surface area contributed by atoms with Gasteiger partial charge in [0.15, 0.2) is 0 Å². The van der Waals surface area contributed by atoms with Crippen LogP contribution >= 0.6 is 0 Å². The van der Waals surface area contributed by atoms with Gasteiger partial charge in [-0.05, 0) is 44.0 Å². The maximum absolute atomic E-state index is 9.61. The van der Waals surface area contributed by atoms with Crippen LogP contribution in [-0.2, 0) is 11.9 Å². The second-order valence-electron chi connectivity index (χ2n) is 6.86. The van der Waals surface area contributed by atoms with Crippen LogP contribution in [0.2, 0.25) is 0 Å². The van der Waals surface area contributed by atoms with E-state index in [0.717, 1.165) is 32.9 Å². The summed E-state index contributed by atoms with van der Waals surface area (Å²) in [4.78, 5) is 10.6. The highest BCUT2D eigenvalue weighted by Gasteiger charge is 2.26. The van der Waals surface area contributed by atoms with E-state index in [9.17, 15) is 5.26 Å². The number of nitriles is 1. The molecule has 0 amide bonds. The fourth-order valence-electron chi connectivity index (χ4n) is 4.22. The number of rotatable bonds is 3. The van der Waals surface area contributed by atoms with Crippen LogP contribution in [-0.4, -0.2) is 23.2 Å². The van der Waals surface area contributed by atoms with Gasteiger partial charge in [0.2, 0.25) is 5.88 Å². The van der Waals surface area contributed by atoms with Crippen LogP contribution in [0, 0.1) is 32.1 Å². The summed E-state index contributed by atoms with van der Waals surface area (Å²) in [6.07, 6.45) is 0. The monoisotopic (exact) mass is 363 g/mol. The summed E-state index contributed by atoms with van der Waals surface area (Å²) in [6.45, 7) is 6.12. The van der Waals surface area contributed by atoms with Crippen molar-refractivity contribution in [1.29, 1.82) is 5.26 Å². The largest absolute Gasteiger partial charge is 0.481 e. The first-order valence-electron chi connectivity index (χ1n) is 8.66. The fraction of sp³-hybridized carbons (Fsp3) is 0.286. The Labute approximate surface area is 157 Å². The van der Waals surface area contributed by atoms with E-state index >= 15 is 0 Å². The van der Waals surface area contributed by atoms with Crippen molar-refractivity contribution in [3.8, 4) is 17.8 Å². The molecule has 0 aliphatic rings. The molecular formula is C21H21N3O3. The average molecular weight is 363 g/mol. The predicted octanol–water partition coefficient (Wildman–Crippen LogP) is 4.33. The number of aromatic nitrogens is 2. The molecule has 0 fully saturated rings. The van der Waals surface area contributed by atoms with Crippen molar-refractivity contribution in [2.24, 2.45) is 7.05 Å². The number of aryl methyl sites for hydroxylation is 4. The van der Waals surface area contributed by atoms with E-state index in [1.807, 2.05) is 24.4 Å². The lowest BCUT2D eigenvalue weighted by Gasteiger charge is -2.12. The van der Waals surface area contributed by atoms with Gasteiger partial charge in [0.1, 0.15) is 17.1 Å². The van der Waals surface area contributed by atoms with Crippen LogP contribution in [0.3, 0.4) is 0 Å². The van der Waals surface area contributed by atoms with Crippen molar-refractivity contribution < 1.29 is 14.5 Å². The number of nitrogens with zero attached hydrogens (tertiary/aromatic N) is 3. The molecule has 0 spiro atoms. The van der Waals surface area contributed by atoms with Gasteiger partial charge >= 0.3 is 0 Å². The standard InChI is InChI=1S/C21H21N3O3/c1-11-7-13(3)18-14(8-11)17-16-9-12(2)15(10-22)20(25-5)24(16)21(27-26-6)19(17)23(18)4/h7-9H,1-6H3. The summed E-state index contributed by atoms with van der Waals surface area (Å²) in [5.41, 5.74) is 6.68. The number of pyridine rings is 1. The molecule has 138 valence electrons. The van der Waals surface area contributed by atoms with Crippen molar-refractivity contribution in [2.75, 3.05) is 14.2 Å². The summed E-state index contributed by atoms with van der Waals surface area (Å²) in [5.74, 6) is 0.930. The normalized spacial score (nSPS) is 11.4. The molecule has 0 bridgehead atoms. The summed E-state index contributed by atoms with van der Waals surface area (Å²) in [5, 5.41) is 11.8. The molecule has 3 aromatic heterocycles. The topological polar surface area (TPSA) is 60.8 Å². The molecule has 0 aliphatic carbocycles. The van der Waals surface area contributed by atoms with E-state index in [2.05, 4.69) is 36.6 Å². The van der Waals surface area contributed by atoms with Gasteiger partial charge in [0, 0.05) is 17.8 Å². The summed E-state index contributed by atoms with van der Waals surface area (Å²) in [6, 6.07) is 8.59. The van der Waals surface area contributed by atoms with E-state index in [0.29, 0.717) is 17.3 Å². The fourth-order valence-corrected chi connectivity index (χ4v) is 4.22. The smallest absolute Gasteiger partial charge is 0.269 e. The number of benzene rings is 1. The van der Waals surface area contributed by atoms with E-state index in [-0.39, 0.29) is 0 Å². The molecule has 0 radical (unpaired) electrons.